The van der Waals surface area contributed by atoms with E-state index >= 15 is 0 Å². The van der Waals surface area contributed by atoms with E-state index in [1.165, 1.54) is 0 Å². The van der Waals surface area contributed by atoms with Crippen molar-refractivity contribution in [1.82, 2.24) is 5.32 Å². The summed E-state index contributed by atoms with van der Waals surface area (Å²) in [6.07, 6.45) is 0.860. The highest BCUT2D eigenvalue weighted by Crippen LogP contribution is 2.24. The van der Waals surface area contributed by atoms with Crippen LogP contribution in [0.3, 0.4) is 0 Å². The summed E-state index contributed by atoms with van der Waals surface area (Å²) in [5, 5.41) is 11.9. The van der Waals surface area contributed by atoms with E-state index in [1.54, 1.807) is 12.1 Å². The largest absolute Gasteiger partial charge is 0.486 e. The molecule has 2 N–H and O–H groups in total. The van der Waals surface area contributed by atoms with Crippen molar-refractivity contribution in [1.29, 1.82) is 0 Å². The van der Waals surface area contributed by atoms with Gasteiger partial charge in [0.15, 0.2) is 0 Å². The summed E-state index contributed by atoms with van der Waals surface area (Å²) in [6.45, 7) is 0.858. The van der Waals surface area contributed by atoms with Gasteiger partial charge in [-0.1, -0.05) is 42.5 Å². The van der Waals surface area contributed by atoms with Crippen LogP contribution in [0.2, 0.25) is 0 Å². The first-order valence-corrected chi connectivity index (χ1v) is 7.36. The Hall–Kier alpha value is -2.33. The Morgan fingerprint density at radius 2 is 1.82 bits per heavy atom. The number of carboxylic acids is 1. The summed E-state index contributed by atoms with van der Waals surface area (Å²) in [5.41, 5.74) is 1.90. The van der Waals surface area contributed by atoms with Crippen LogP contribution in [0.4, 0.5) is 0 Å². The molecule has 1 unspecified atom stereocenters. The van der Waals surface area contributed by atoms with Gasteiger partial charge in [-0.25, -0.2) is 0 Å². The molecule has 2 rings (SSSR count). The minimum absolute atomic E-state index is 0.0287. The van der Waals surface area contributed by atoms with Gasteiger partial charge in [-0.15, -0.1) is 0 Å². The van der Waals surface area contributed by atoms with Gasteiger partial charge in [0.25, 0.3) is 0 Å². The second-order valence-corrected chi connectivity index (χ2v) is 5.12. The van der Waals surface area contributed by atoms with Crippen molar-refractivity contribution in [3.8, 4) is 5.75 Å². The molecule has 0 aromatic heterocycles. The van der Waals surface area contributed by atoms with E-state index in [4.69, 9.17) is 9.84 Å². The number of hydrogen-bond donors (Lipinski definition) is 2. The molecule has 22 heavy (non-hydrogen) atoms. The molecular formula is C18H21NO3. The highest BCUT2D eigenvalue weighted by molar-refractivity contribution is 5.70. The summed E-state index contributed by atoms with van der Waals surface area (Å²) >= 11 is 0. The summed E-state index contributed by atoms with van der Waals surface area (Å²) in [7, 11) is 1.92. The van der Waals surface area contributed by atoms with Gasteiger partial charge in [-0.2, -0.15) is 0 Å². The number of carboxylic acid groups (broad SMARTS) is 1. The zero-order valence-electron chi connectivity index (χ0n) is 12.7. The molecule has 0 aliphatic rings. The lowest BCUT2D eigenvalue weighted by Crippen LogP contribution is -2.16. The second kappa shape index (κ2) is 8.20. The van der Waals surface area contributed by atoms with Gasteiger partial charge in [0.1, 0.15) is 11.9 Å². The molecule has 0 radical (unpaired) electrons. The molecule has 0 bridgehead atoms. The summed E-state index contributed by atoms with van der Waals surface area (Å²) in [6, 6.07) is 17.3. The fraction of sp³-hybridized carbons (Fsp3) is 0.278. The SMILES string of the molecule is CNCCC(Oc1ccc(CC(=O)O)cc1)c1ccccc1. The molecule has 0 fully saturated rings. The van der Waals surface area contributed by atoms with E-state index in [0.29, 0.717) is 0 Å². The summed E-state index contributed by atoms with van der Waals surface area (Å²) in [4.78, 5) is 10.7. The standard InChI is InChI=1S/C18H21NO3/c1-19-12-11-17(15-5-3-2-4-6-15)22-16-9-7-14(8-10-16)13-18(20)21/h2-10,17,19H,11-13H2,1H3,(H,20,21). The molecule has 0 heterocycles. The lowest BCUT2D eigenvalue weighted by molar-refractivity contribution is -0.136. The van der Waals surface area contributed by atoms with Gasteiger partial charge in [-0.05, 0) is 36.9 Å². The van der Waals surface area contributed by atoms with Crippen LogP contribution in [0.1, 0.15) is 23.7 Å². The first-order chi connectivity index (χ1) is 10.7. The molecule has 0 spiro atoms. The first-order valence-electron chi connectivity index (χ1n) is 7.36. The van der Waals surface area contributed by atoms with Crippen LogP contribution in [-0.4, -0.2) is 24.7 Å². The topological polar surface area (TPSA) is 58.6 Å². The zero-order valence-corrected chi connectivity index (χ0v) is 12.7. The molecule has 4 nitrogen and oxygen atoms in total. The third-order valence-electron chi connectivity index (χ3n) is 3.38. The third kappa shape index (κ3) is 4.90. The number of ether oxygens (including phenoxy) is 1. The fourth-order valence-corrected chi connectivity index (χ4v) is 2.26. The number of aliphatic carboxylic acids is 1. The number of rotatable bonds is 8. The highest BCUT2D eigenvalue weighted by Gasteiger charge is 2.13. The molecule has 2 aromatic rings. The van der Waals surface area contributed by atoms with E-state index in [9.17, 15) is 4.79 Å². The van der Waals surface area contributed by atoms with Crippen LogP contribution < -0.4 is 10.1 Å². The smallest absolute Gasteiger partial charge is 0.307 e. The first kappa shape index (κ1) is 16.0. The summed E-state index contributed by atoms with van der Waals surface area (Å²) in [5.74, 6) is -0.0797. The van der Waals surface area contributed by atoms with Crippen molar-refractivity contribution < 1.29 is 14.6 Å². The van der Waals surface area contributed by atoms with Crippen molar-refractivity contribution in [2.75, 3.05) is 13.6 Å². The van der Waals surface area contributed by atoms with Crippen molar-refractivity contribution in [3.05, 3.63) is 65.7 Å². The van der Waals surface area contributed by atoms with Crippen molar-refractivity contribution in [3.63, 3.8) is 0 Å². The number of carbonyl (C=O) groups is 1. The quantitative estimate of drug-likeness (QED) is 0.786. The monoisotopic (exact) mass is 299 g/mol. The van der Waals surface area contributed by atoms with Crippen molar-refractivity contribution in [2.24, 2.45) is 0 Å². The van der Waals surface area contributed by atoms with Crippen molar-refractivity contribution in [2.45, 2.75) is 18.9 Å². The van der Waals surface area contributed by atoms with E-state index in [1.807, 2.05) is 37.4 Å². The van der Waals surface area contributed by atoms with Crippen LogP contribution >= 0.6 is 0 Å². The average molecular weight is 299 g/mol. The molecular weight excluding hydrogens is 278 g/mol. The number of hydrogen-bond acceptors (Lipinski definition) is 3. The lowest BCUT2D eigenvalue weighted by Gasteiger charge is -2.19. The predicted molar refractivity (Wildman–Crippen MR) is 86.1 cm³/mol. The van der Waals surface area contributed by atoms with Gasteiger partial charge in [0.2, 0.25) is 0 Å². The zero-order chi connectivity index (χ0) is 15.8. The van der Waals surface area contributed by atoms with Gasteiger partial charge < -0.3 is 15.2 Å². The van der Waals surface area contributed by atoms with Crippen LogP contribution in [0.5, 0.6) is 5.75 Å². The molecule has 2 aromatic carbocycles. The molecule has 1 atom stereocenters. The Morgan fingerprint density at radius 1 is 1.14 bits per heavy atom. The maximum atomic E-state index is 10.7. The molecule has 0 saturated heterocycles. The second-order valence-electron chi connectivity index (χ2n) is 5.12. The Kier molecular flexibility index (Phi) is 5.98. The number of nitrogens with one attached hydrogen (secondary N) is 1. The summed E-state index contributed by atoms with van der Waals surface area (Å²) < 4.78 is 6.08. The molecule has 0 aliphatic heterocycles. The van der Waals surface area contributed by atoms with Crippen LogP contribution in [-0.2, 0) is 11.2 Å². The van der Waals surface area contributed by atoms with Gasteiger partial charge >= 0.3 is 5.97 Å². The van der Waals surface area contributed by atoms with Crippen molar-refractivity contribution >= 4 is 5.97 Å². The average Bonchev–Trinajstić information content (AvgIpc) is 2.53. The van der Waals surface area contributed by atoms with Gasteiger partial charge in [0, 0.05) is 6.42 Å². The van der Waals surface area contributed by atoms with Crippen LogP contribution in [0, 0.1) is 0 Å². The minimum Gasteiger partial charge on any atom is -0.486 e. The predicted octanol–water partition coefficient (Wildman–Crippen LogP) is 3.04. The molecule has 0 saturated carbocycles. The molecule has 0 aliphatic carbocycles. The number of benzene rings is 2. The van der Waals surface area contributed by atoms with Gasteiger partial charge in [-0.3, -0.25) is 4.79 Å². The Labute approximate surface area is 130 Å². The maximum absolute atomic E-state index is 10.7. The molecule has 116 valence electrons. The highest BCUT2D eigenvalue weighted by atomic mass is 16.5. The lowest BCUT2D eigenvalue weighted by atomic mass is 10.1. The Balaban J connectivity index is 2.08. The van der Waals surface area contributed by atoms with E-state index in [0.717, 1.165) is 29.8 Å². The van der Waals surface area contributed by atoms with E-state index in [2.05, 4.69) is 17.4 Å². The van der Waals surface area contributed by atoms with Crippen LogP contribution in [0.25, 0.3) is 0 Å². The third-order valence-corrected chi connectivity index (χ3v) is 3.38. The minimum atomic E-state index is -0.829. The molecule has 0 amide bonds. The van der Waals surface area contributed by atoms with E-state index in [-0.39, 0.29) is 12.5 Å². The Bertz CT molecular complexity index is 581. The fourth-order valence-electron chi connectivity index (χ4n) is 2.26. The normalized spacial score (nSPS) is 11.9. The molecule has 4 heteroatoms. The van der Waals surface area contributed by atoms with Crippen LogP contribution in [0.15, 0.2) is 54.6 Å². The van der Waals surface area contributed by atoms with Gasteiger partial charge in [0.05, 0.1) is 6.42 Å². The van der Waals surface area contributed by atoms with E-state index < -0.39 is 5.97 Å². The Morgan fingerprint density at radius 3 is 2.41 bits per heavy atom. The maximum Gasteiger partial charge on any atom is 0.307 e.